The van der Waals surface area contributed by atoms with Crippen molar-refractivity contribution >= 4 is 45.5 Å². The van der Waals surface area contributed by atoms with E-state index >= 15 is 0 Å². The van der Waals surface area contributed by atoms with Crippen molar-refractivity contribution in [3.05, 3.63) is 51.8 Å². The number of hydrazone groups is 1. The van der Waals surface area contributed by atoms with Gasteiger partial charge in [-0.3, -0.25) is 20.3 Å². The number of carbonyl (C=O) groups is 1. The van der Waals surface area contributed by atoms with Gasteiger partial charge in [-0.2, -0.15) is 15.1 Å². The van der Waals surface area contributed by atoms with Gasteiger partial charge in [-0.05, 0) is 54.9 Å². The third-order valence-corrected chi connectivity index (χ3v) is 6.04. The number of hydrogen-bond acceptors (Lipinski definition) is 8. The molecule has 0 saturated heterocycles. The molecule has 11 heteroatoms. The Hall–Kier alpha value is -3.73. The second kappa shape index (κ2) is 9.41. The molecule has 0 radical (unpaired) electrons. The molecule has 1 aromatic carbocycles. The Morgan fingerprint density at radius 3 is 2.85 bits per heavy atom. The highest BCUT2D eigenvalue weighted by molar-refractivity contribution is 8.26. The number of nitro benzene ring substituents is 1. The largest absolute Gasteiger partial charge is 0.497 e. The average Bonchev–Trinajstić information content (AvgIpc) is 3.43. The Morgan fingerprint density at radius 1 is 1.30 bits per heavy atom. The van der Waals surface area contributed by atoms with E-state index in [1.165, 1.54) is 42.1 Å². The molecule has 0 fully saturated rings. The number of ether oxygens (including phenoxy) is 1. The zero-order chi connectivity index (χ0) is 23.5. The summed E-state index contributed by atoms with van der Waals surface area (Å²) in [6.45, 7) is 2.12. The Morgan fingerprint density at radius 2 is 2.12 bits per heavy atom. The molecule has 0 unspecified atom stereocenters. The van der Waals surface area contributed by atoms with Gasteiger partial charge in [0.25, 0.3) is 11.6 Å². The summed E-state index contributed by atoms with van der Waals surface area (Å²) in [5, 5.41) is 26.9. The molecule has 0 saturated carbocycles. The number of hydrogen-bond donors (Lipinski definition) is 1. The molecule has 170 valence electrons. The second-order valence-electron chi connectivity index (χ2n) is 7.31. The molecule has 0 aliphatic carbocycles. The molecule has 1 N–H and O–H groups in total. The summed E-state index contributed by atoms with van der Waals surface area (Å²) in [5.74, 6) is 0.227. The Bertz CT molecular complexity index is 1230. The lowest BCUT2D eigenvalue weighted by Gasteiger charge is -2.19. The van der Waals surface area contributed by atoms with Gasteiger partial charge in [0, 0.05) is 0 Å². The quantitative estimate of drug-likeness (QED) is 0.248. The van der Waals surface area contributed by atoms with E-state index in [-0.39, 0.29) is 34.2 Å². The number of nitrogens with zero attached hydrogens (tertiary/aromatic N) is 4. The number of nitrogens with one attached hydrogen (secondary N) is 1. The molecule has 1 amide bonds. The number of amides is 1. The highest BCUT2D eigenvalue weighted by atomic mass is 32.2. The monoisotopic (exact) mass is 467 g/mol. The number of furan rings is 1. The summed E-state index contributed by atoms with van der Waals surface area (Å²) in [6, 6.07) is 7.60. The molecular weight excluding hydrogens is 446 g/mol. The molecule has 0 bridgehead atoms. The van der Waals surface area contributed by atoms with Crippen molar-refractivity contribution in [1.29, 1.82) is 5.41 Å². The SMILES string of the molecule is CCCCCC1=NN2C(=N)/C(=C\c3ccc(-c4ccc(OC)cc4[N+](=O)[O-])o3)C(=O)N=C2S1. The molecule has 4 rings (SSSR count). The van der Waals surface area contributed by atoms with E-state index < -0.39 is 10.8 Å². The third kappa shape index (κ3) is 4.58. The van der Waals surface area contributed by atoms with Crippen LogP contribution in [0.3, 0.4) is 0 Å². The maximum absolute atomic E-state index is 12.6. The van der Waals surface area contributed by atoms with Crippen molar-refractivity contribution in [2.75, 3.05) is 7.11 Å². The van der Waals surface area contributed by atoms with Crippen LogP contribution in [-0.4, -0.2) is 39.0 Å². The van der Waals surface area contributed by atoms with Gasteiger partial charge in [0.2, 0.25) is 5.17 Å². The van der Waals surface area contributed by atoms with E-state index in [4.69, 9.17) is 14.6 Å². The van der Waals surface area contributed by atoms with Crippen LogP contribution in [0.5, 0.6) is 5.75 Å². The second-order valence-corrected chi connectivity index (χ2v) is 8.35. The van der Waals surface area contributed by atoms with Gasteiger partial charge in [-0.25, -0.2) is 0 Å². The average molecular weight is 468 g/mol. The molecular formula is C22H21N5O5S. The van der Waals surface area contributed by atoms with Crippen LogP contribution in [0.1, 0.15) is 38.4 Å². The van der Waals surface area contributed by atoms with Crippen LogP contribution in [0.2, 0.25) is 0 Å². The molecule has 3 heterocycles. The van der Waals surface area contributed by atoms with E-state index in [9.17, 15) is 14.9 Å². The van der Waals surface area contributed by atoms with Crippen LogP contribution in [0.25, 0.3) is 17.4 Å². The zero-order valence-corrected chi connectivity index (χ0v) is 18.8. The summed E-state index contributed by atoms with van der Waals surface area (Å²) < 4.78 is 10.8. The van der Waals surface area contributed by atoms with Gasteiger partial charge in [-0.15, -0.1) is 0 Å². The first kappa shape index (κ1) is 22.5. The molecule has 2 aliphatic heterocycles. The predicted molar refractivity (Wildman–Crippen MR) is 127 cm³/mol. The number of fused-ring (bicyclic) bond motifs is 1. The first-order valence-electron chi connectivity index (χ1n) is 10.3. The number of methoxy groups -OCH3 is 1. The first-order chi connectivity index (χ1) is 15.9. The van der Waals surface area contributed by atoms with E-state index in [1.54, 1.807) is 18.2 Å². The molecule has 10 nitrogen and oxygen atoms in total. The van der Waals surface area contributed by atoms with Gasteiger partial charge in [0.1, 0.15) is 22.3 Å². The van der Waals surface area contributed by atoms with Crippen molar-refractivity contribution < 1.29 is 18.9 Å². The Balaban J connectivity index is 1.60. The number of rotatable bonds is 8. The minimum absolute atomic E-state index is 0.0306. The van der Waals surface area contributed by atoms with Crippen LogP contribution in [0, 0.1) is 15.5 Å². The lowest BCUT2D eigenvalue weighted by atomic mass is 10.1. The Labute approximate surface area is 193 Å². The maximum Gasteiger partial charge on any atom is 0.284 e. The van der Waals surface area contributed by atoms with Crippen molar-refractivity contribution in [1.82, 2.24) is 5.01 Å². The van der Waals surface area contributed by atoms with E-state index in [1.807, 2.05) is 0 Å². The normalized spacial score (nSPS) is 16.7. The van der Waals surface area contributed by atoms with E-state index in [0.717, 1.165) is 30.7 Å². The number of nitro groups is 1. The third-order valence-electron chi connectivity index (χ3n) is 5.07. The highest BCUT2D eigenvalue weighted by Crippen LogP contribution is 2.35. The summed E-state index contributed by atoms with van der Waals surface area (Å²) in [5.41, 5.74) is 0.133. The summed E-state index contributed by atoms with van der Waals surface area (Å²) in [4.78, 5) is 27.6. The van der Waals surface area contributed by atoms with Gasteiger partial charge >= 0.3 is 0 Å². The van der Waals surface area contributed by atoms with Crippen molar-refractivity contribution in [3.63, 3.8) is 0 Å². The van der Waals surface area contributed by atoms with Crippen LogP contribution in [0.4, 0.5) is 5.69 Å². The number of carbonyl (C=O) groups excluding carboxylic acids is 1. The number of benzene rings is 1. The minimum atomic E-state index is -0.558. The van der Waals surface area contributed by atoms with Gasteiger partial charge in [0.15, 0.2) is 5.84 Å². The summed E-state index contributed by atoms with van der Waals surface area (Å²) >= 11 is 1.31. The highest BCUT2D eigenvalue weighted by Gasteiger charge is 2.35. The smallest absolute Gasteiger partial charge is 0.284 e. The van der Waals surface area contributed by atoms with Crippen molar-refractivity contribution in [2.45, 2.75) is 32.6 Å². The molecule has 1 aromatic heterocycles. The molecule has 2 aliphatic rings. The van der Waals surface area contributed by atoms with Crippen molar-refractivity contribution in [2.24, 2.45) is 10.1 Å². The minimum Gasteiger partial charge on any atom is -0.497 e. The summed E-state index contributed by atoms with van der Waals surface area (Å²) in [6.07, 6.45) is 5.34. The molecule has 0 spiro atoms. The van der Waals surface area contributed by atoms with Gasteiger partial charge < -0.3 is 9.15 Å². The fourth-order valence-electron chi connectivity index (χ4n) is 3.37. The number of thioether (sulfide) groups is 1. The van der Waals surface area contributed by atoms with E-state index in [2.05, 4.69) is 17.0 Å². The maximum atomic E-state index is 12.6. The Kier molecular flexibility index (Phi) is 6.40. The molecule has 2 aromatic rings. The van der Waals surface area contributed by atoms with Gasteiger partial charge in [0.05, 0.1) is 29.2 Å². The lowest BCUT2D eigenvalue weighted by molar-refractivity contribution is -0.384. The molecule has 0 atom stereocenters. The topological polar surface area (TPSA) is 134 Å². The number of amidine groups is 2. The first-order valence-corrected chi connectivity index (χ1v) is 11.1. The zero-order valence-electron chi connectivity index (χ0n) is 18.0. The number of unbranched alkanes of at least 4 members (excludes halogenated alkanes) is 2. The fourth-order valence-corrected chi connectivity index (χ4v) is 4.30. The van der Waals surface area contributed by atoms with Crippen LogP contribution in [0.15, 0.2) is 50.4 Å². The summed E-state index contributed by atoms with van der Waals surface area (Å²) in [7, 11) is 1.43. The lowest BCUT2D eigenvalue weighted by Crippen LogP contribution is -2.35. The molecule has 33 heavy (non-hydrogen) atoms. The van der Waals surface area contributed by atoms with Crippen molar-refractivity contribution in [3.8, 4) is 17.1 Å². The van der Waals surface area contributed by atoms with Crippen LogP contribution in [-0.2, 0) is 4.79 Å². The number of aliphatic imine (C=N–C) groups is 1. The van der Waals surface area contributed by atoms with Crippen LogP contribution >= 0.6 is 11.8 Å². The fraction of sp³-hybridized carbons (Fsp3) is 0.273. The standard InChI is InChI=1S/C22H21N5O5S/c1-3-4-5-6-19-25-26-20(23)16(21(28)24-22(26)33-19)11-14-8-10-18(32-14)15-9-7-13(31-2)12-17(15)27(29)30/h7-12,23H,3-6H2,1-2H3/b16-11+,23-20?. The van der Waals surface area contributed by atoms with E-state index in [0.29, 0.717) is 10.9 Å². The van der Waals surface area contributed by atoms with Gasteiger partial charge in [-0.1, -0.05) is 19.8 Å². The predicted octanol–water partition coefficient (Wildman–Crippen LogP) is 5.06. The van der Waals surface area contributed by atoms with Crippen LogP contribution < -0.4 is 4.74 Å².